The number of carbonyl (C=O) groups is 2. The summed E-state index contributed by atoms with van der Waals surface area (Å²) in [6.45, 7) is 8.23. The summed E-state index contributed by atoms with van der Waals surface area (Å²) in [6.07, 6.45) is 9.10. The van der Waals surface area contributed by atoms with E-state index in [-0.39, 0.29) is 23.8 Å². The number of hydrogen-bond acceptors (Lipinski definition) is 3. The zero-order chi connectivity index (χ0) is 18.8. The van der Waals surface area contributed by atoms with E-state index in [0.717, 1.165) is 19.1 Å². The van der Waals surface area contributed by atoms with E-state index in [1.54, 1.807) is 0 Å². The van der Waals surface area contributed by atoms with Crippen LogP contribution in [0.3, 0.4) is 0 Å². The van der Waals surface area contributed by atoms with Gasteiger partial charge in [0, 0.05) is 12.3 Å². The average Bonchev–Trinajstić information content (AvgIpc) is 2.57. The monoisotopic (exact) mass is 353 g/mol. The van der Waals surface area contributed by atoms with Gasteiger partial charge >= 0.3 is 0 Å². The first-order valence-corrected chi connectivity index (χ1v) is 10.3. The molecule has 0 aromatic heterocycles. The maximum atomic E-state index is 12.3. The number of aliphatic hydroxyl groups is 1. The lowest BCUT2D eigenvalue weighted by atomic mass is 9.81. The van der Waals surface area contributed by atoms with Crippen LogP contribution in [0.5, 0.6) is 0 Å². The van der Waals surface area contributed by atoms with E-state index in [0.29, 0.717) is 24.7 Å². The molecule has 1 amide bonds. The molecule has 0 heterocycles. The summed E-state index contributed by atoms with van der Waals surface area (Å²) in [7, 11) is 0. The molecule has 0 aromatic carbocycles. The highest BCUT2D eigenvalue weighted by atomic mass is 16.3. The topological polar surface area (TPSA) is 66.4 Å². The Labute approximate surface area is 154 Å². The molecule has 1 rings (SSSR count). The van der Waals surface area contributed by atoms with Crippen molar-refractivity contribution in [2.45, 2.75) is 97.6 Å². The summed E-state index contributed by atoms with van der Waals surface area (Å²) in [6, 6.07) is -0.232. The Morgan fingerprint density at radius 2 is 1.80 bits per heavy atom. The van der Waals surface area contributed by atoms with Gasteiger partial charge in [-0.05, 0) is 37.0 Å². The molecule has 0 aromatic rings. The Hall–Kier alpha value is -0.900. The van der Waals surface area contributed by atoms with E-state index in [1.165, 1.54) is 32.1 Å². The van der Waals surface area contributed by atoms with Crippen LogP contribution in [0.15, 0.2) is 0 Å². The third-order valence-corrected chi connectivity index (χ3v) is 5.62. The van der Waals surface area contributed by atoms with Gasteiger partial charge in [0.15, 0.2) is 0 Å². The van der Waals surface area contributed by atoms with Gasteiger partial charge in [-0.1, -0.05) is 59.8 Å². The average molecular weight is 354 g/mol. The quantitative estimate of drug-likeness (QED) is 0.550. The molecule has 0 bridgehead atoms. The predicted octanol–water partition coefficient (Wildman–Crippen LogP) is 4.10. The van der Waals surface area contributed by atoms with Crippen LogP contribution < -0.4 is 5.32 Å². The predicted molar refractivity (Wildman–Crippen MR) is 102 cm³/mol. The number of rotatable bonds is 11. The molecule has 146 valence electrons. The van der Waals surface area contributed by atoms with Crippen LogP contribution in [0.4, 0.5) is 0 Å². The molecule has 3 atom stereocenters. The first-order valence-electron chi connectivity index (χ1n) is 10.3. The van der Waals surface area contributed by atoms with E-state index in [4.69, 9.17) is 0 Å². The number of hydrogen-bond donors (Lipinski definition) is 2. The van der Waals surface area contributed by atoms with E-state index < -0.39 is 6.10 Å². The molecule has 1 fully saturated rings. The van der Waals surface area contributed by atoms with Gasteiger partial charge in [0.2, 0.25) is 5.91 Å². The molecular formula is C21H39NO3. The highest BCUT2D eigenvalue weighted by Gasteiger charge is 2.28. The molecule has 1 aliphatic carbocycles. The van der Waals surface area contributed by atoms with Gasteiger partial charge in [-0.3, -0.25) is 4.79 Å². The minimum atomic E-state index is -0.650. The Balaban J connectivity index is 2.67. The third kappa shape index (κ3) is 8.84. The number of carbonyl (C=O) groups excluding carboxylic acids is 2. The molecule has 0 saturated heterocycles. The summed E-state index contributed by atoms with van der Waals surface area (Å²) < 4.78 is 0. The van der Waals surface area contributed by atoms with Crippen LogP contribution in [0.2, 0.25) is 0 Å². The van der Waals surface area contributed by atoms with Crippen molar-refractivity contribution in [2.75, 3.05) is 0 Å². The highest BCUT2D eigenvalue weighted by Crippen LogP contribution is 2.29. The van der Waals surface area contributed by atoms with Gasteiger partial charge in [0.05, 0.1) is 12.1 Å². The van der Waals surface area contributed by atoms with Crippen LogP contribution in [-0.2, 0) is 9.59 Å². The minimum Gasteiger partial charge on any atom is -0.391 e. The van der Waals surface area contributed by atoms with Crippen LogP contribution in [0, 0.1) is 23.7 Å². The van der Waals surface area contributed by atoms with Gasteiger partial charge < -0.3 is 15.2 Å². The minimum absolute atomic E-state index is 0.0285. The molecule has 0 radical (unpaired) electrons. The second kappa shape index (κ2) is 11.7. The molecule has 1 aliphatic rings. The second-order valence-electron chi connectivity index (χ2n) is 8.69. The SMILES string of the molecule is CC(C)CCC(=O)N[C@@H](CC1CCCCC1)[C@@H](O)C[C@H](C=O)C(C)C. The van der Waals surface area contributed by atoms with Crippen molar-refractivity contribution in [1.29, 1.82) is 0 Å². The van der Waals surface area contributed by atoms with Crippen LogP contribution in [0.25, 0.3) is 0 Å². The smallest absolute Gasteiger partial charge is 0.220 e. The zero-order valence-corrected chi connectivity index (χ0v) is 16.7. The fourth-order valence-corrected chi connectivity index (χ4v) is 3.72. The maximum Gasteiger partial charge on any atom is 0.220 e. The normalized spacial score (nSPS) is 19.6. The molecule has 0 unspecified atom stereocenters. The van der Waals surface area contributed by atoms with Crippen LogP contribution in [0.1, 0.15) is 85.5 Å². The summed E-state index contributed by atoms with van der Waals surface area (Å²) >= 11 is 0. The van der Waals surface area contributed by atoms with Gasteiger partial charge in [0.25, 0.3) is 0 Å². The lowest BCUT2D eigenvalue weighted by Gasteiger charge is -2.31. The number of nitrogens with one attached hydrogen (secondary N) is 1. The number of aliphatic hydroxyl groups excluding tert-OH is 1. The van der Waals surface area contributed by atoms with Crippen molar-refractivity contribution in [3.8, 4) is 0 Å². The molecule has 25 heavy (non-hydrogen) atoms. The molecule has 4 heteroatoms. The fraction of sp³-hybridized carbons (Fsp3) is 0.905. The van der Waals surface area contributed by atoms with Gasteiger partial charge in [-0.2, -0.15) is 0 Å². The van der Waals surface area contributed by atoms with Gasteiger partial charge in [-0.25, -0.2) is 0 Å². The molecule has 1 saturated carbocycles. The van der Waals surface area contributed by atoms with Crippen LogP contribution in [-0.4, -0.2) is 29.4 Å². The van der Waals surface area contributed by atoms with Crippen molar-refractivity contribution in [2.24, 2.45) is 23.7 Å². The van der Waals surface area contributed by atoms with Crippen molar-refractivity contribution in [3.05, 3.63) is 0 Å². The maximum absolute atomic E-state index is 12.3. The fourth-order valence-electron chi connectivity index (χ4n) is 3.72. The van der Waals surface area contributed by atoms with Crippen molar-refractivity contribution >= 4 is 12.2 Å². The molecule has 0 spiro atoms. The highest BCUT2D eigenvalue weighted by molar-refractivity contribution is 5.76. The van der Waals surface area contributed by atoms with Crippen molar-refractivity contribution in [1.82, 2.24) is 5.32 Å². The summed E-state index contributed by atoms with van der Waals surface area (Å²) in [5.74, 6) is 1.15. The van der Waals surface area contributed by atoms with E-state index in [2.05, 4.69) is 19.2 Å². The number of aldehydes is 1. The Morgan fingerprint density at radius 1 is 1.16 bits per heavy atom. The van der Waals surface area contributed by atoms with E-state index in [1.807, 2.05) is 13.8 Å². The largest absolute Gasteiger partial charge is 0.391 e. The standard InChI is InChI=1S/C21H39NO3/c1-15(2)10-11-21(25)22-19(12-17-8-6-5-7-9-17)20(24)13-18(14-23)16(3)4/h14-20,24H,5-13H2,1-4H3,(H,22,25)/t18-,19+,20+/m1/s1. The Bertz CT molecular complexity index is 389. The van der Waals surface area contributed by atoms with E-state index in [9.17, 15) is 14.7 Å². The van der Waals surface area contributed by atoms with Crippen molar-refractivity contribution in [3.63, 3.8) is 0 Å². The lowest BCUT2D eigenvalue weighted by molar-refractivity contribution is -0.123. The first kappa shape index (κ1) is 22.1. The molecule has 0 aliphatic heterocycles. The van der Waals surface area contributed by atoms with Gasteiger partial charge in [0.1, 0.15) is 6.29 Å². The third-order valence-electron chi connectivity index (χ3n) is 5.62. The van der Waals surface area contributed by atoms with Crippen molar-refractivity contribution < 1.29 is 14.7 Å². The van der Waals surface area contributed by atoms with E-state index >= 15 is 0 Å². The summed E-state index contributed by atoms with van der Waals surface area (Å²) in [5.41, 5.74) is 0. The van der Waals surface area contributed by atoms with Gasteiger partial charge in [-0.15, -0.1) is 0 Å². The Kier molecular flexibility index (Phi) is 10.3. The zero-order valence-electron chi connectivity index (χ0n) is 16.7. The lowest BCUT2D eigenvalue weighted by Crippen LogP contribution is -2.45. The molecule has 2 N–H and O–H groups in total. The Morgan fingerprint density at radius 3 is 2.32 bits per heavy atom. The molecular weight excluding hydrogens is 314 g/mol. The first-order chi connectivity index (χ1) is 11.8. The summed E-state index contributed by atoms with van der Waals surface area (Å²) in [4.78, 5) is 23.6. The van der Waals surface area contributed by atoms with Crippen LogP contribution >= 0.6 is 0 Å². The molecule has 4 nitrogen and oxygen atoms in total. The number of amides is 1. The summed E-state index contributed by atoms with van der Waals surface area (Å²) in [5, 5.41) is 13.8. The second-order valence-corrected chi connectivity index (χ2v) is 8.69.